The van der Waals surface area contributed by atoms with Gasteiger partial charge in [0.1, 0.15) is 11.2 Å². The van der Waals surface area contributed by atoms with Crippen molar-refractivity contribution in [3.05, 3.63) is 11.8 Å². The van der Waals surface area contributed by atoms with Gasteiger partial charge < -0.3 is 4.90 Å². The minimum atomic E-state index is -0.781. The molecule has 0 radical (unpaired) electrons. The number of carbonyl (C=O) groups excluding carboxylic acids is 2. The van der Waals surface area contributed by atoms with Crippen molar-refractivity contribution in [3.8, 4) is 6.07 Å². The van der Waals surface area contributed by atoms with Crippen molar-refractivity contribution in [2.24, 2.45) is 12.5 Å². The SMILES string of the molecule is Cc1cc(N2CCC[C@@H](N3CCN(C(=O)C4(C#N)CCC4)CC3)C2=O)n(C)n1. The molecule has 1 atom stereocenters. The Morgan fingerprint density at radius 1 is 1.21 bits per heavy atom. The predicted molar refractivity (Wildman–Crippen MR) is 103 cm³/mol. The molecule has 1 saturated carbocycles. The van der Waals surface area contributed by atoms with Gasteiger partial charge in [0.2, 0.25) is 11.8 Å². The molecule has 0 spiro atoms. The minimum Gasteiger partial charge on any atom is -0.339 e. The number of nitrogens with zero attached hydrogens (tertiary/aromatic N) is 6. The number of piperidine rings is 1. The Morgan fingerprint density at radius 3 is 2.46 bits per heavy atom. The van der Waals surface area contributed by atoms with Gasteiger partial charge in [-0.1, -0.05) is 0 Å². The number of anilines is 1. The molecule has 0 N–H and O–H groups in total. The first-order valence-corrected chi connectivity index (χ1v) is 10.2. The van der Waals surface area contributed by atoms with Crippen LogP contribution in [0, 0.1) is 23.7 Å². The van der Waals surface area contributed by atoms with Crippen molar-refractivity contribution in [1.29, 1.82) is 5.26 Å². The first kappa shape index (κ1) is 18.9. The predicted octanol–water partition coefficient (Wildman–Crippen LogP) is 1.06. The molecule has 28 heavy (non-hydrogen) atoms. The Balaban J connectivity index is 1.40. The van der Waals surface area contributed by atoms with E-state index in [1.807, 2.05) is 29.8 Å². The van der Waals surface area contributed by atoms with E-state index in [9.17, 15) is 14.9 Å². The summed E-state index contributed by atoms with van der Waals surface area (Å²) in [6, 6.07) is 4.06. The lowest BCUT2D eigenvalue weighted by Gasteiger charge is -2.45. The van der Waals surface area contributed by atoms with Gasteiger partial charge in [-0.2, -0.15) is 10.4 Å². The number of amides is 2. The van der Waals surface area contributed by atoms with Crippen molar-refractivity contribution in [2.75, 3.05) is 37.6 Å². The third-order valence-electron chi connectivity index (χ3n) is 6.54. The molecule has 8 nitrogen and oxygen atoms in total. The van der Waals surface area contributed by atoms with Gasteiger partial charge in [0, 0.05) is 45.8 Å². The Hall–Kier alpha value is -2.40. The standard InChI is InChI=1S/C20H28N6O2/c1-15-13-17(23(2)22-15)26-8-3-5-16(18(26)27)24-9-11-25(12-10-24)19(28)20(14-21)6-4-7-20/h13,16H,3-12H2,1-2H3/t16-/m1/s1. The van der Waals surface area contributed by atoms with Gasteiger partial charge in [-0.25, -0.2) is 0 Å². The molecule has 0 unspecified atom stereocenters. The minimum absolute atomic E-state index is 0.0112. The van der Waals surface area contributed by atoms with E-state index in [0.717, 1.165) is 37.3 Å². The average Bonchev–Trinajstić information content (AvgIpc) is 2.99. The molecule has 3 aliphatic rings. The third kappa shape index (κ3) is 3.08. The molecule has 8 heteroatoms. The van der Waals surface area contributed by atoms with E-state index in [2.05, 4.69) is 16.1 Å². The fraction of sp³-hybridized carbons (Fsp3) is 0.700. The summed E-state index contributed by atoms with van der Waals surface area (Å²) >= 11 is 0. The van der Waals surface area contributed by atoms with Gasteiger partial charge in [-0.15, -0.1) is 0 Å². The highest BCUT2D eigenvalue weighted by molar-refractivity contribution is 5.97. The number of rotatable bonds is 3. The van der Waals surface area contributed by atoms with Crippen molar-refractivity contribution >= 4 is 17.6 Å². The number of aromatic nitrogens is 2. The molecule has 1 aromatic rings. The van der Waals surface area contributed by atoms with E-state index < -0.39 is 5.41 Å². The molecule has 3 heterocycles. The van der Waals surface area contributed by atoms with Crippen LogP contribution in [0.25, 0.3) is 0 Å². The smallest absolute Gasteiger partial charge is 0.245 e. The summed E-state index contributed by atoms with van der Waals surface area (Å²) in [6.07, 6.45) is 4.13. The van der Waals surface area contributed by atoms with Crippen LogP contribution in [-0.2, 0) is 16.6 Å². The van der Waals surface area contributed by atoms with Crippen LogP contribution in [-0.4, -0.2) is 70.2 Å². The van der Waals surface area contributed by atoms with Crippen molar-refractivity contribution in [1.82, 2.24) is 19.6 Å². The van der Waals surface area contributed by atoms with E-state index >= 15 is 0 Å². The van der Waals surface area contributed by atoms with Crippen LogP contribution < -0.4 is 4.90 Å². The Morgan fingerprint density at radius 2 is 1.93 bits per heavy atom. The summed E-state index contributed by atoms with van der Waals surface area (Å²) in [7, 11) is 1.87. The molecular weight excluding hydrogens is 356 g/mol. The second-order valence-corrected chi connectivity index (χ2v) is 8.29. The van der Waals surface area contributed by atoms with Crippen LogP contribution in [0.5, 0.6) is 0 Å². The summed E-state index contributed by atoms with van der Waals surface area (Å²) in [6.45, 7) is 5.21. The summed E-state index contributed by atoms with van der Waals surface area (Å²) in [5.74, 6) is 0.964. The fourth-order valence-electron chi connectivity index (χ4n) is 4.72. The largest absolute Gasteiger partial charge is 0.339 e. The third-order valence-corrected chi connectivity index (χ3v) is 6.54. The molecule has 2 amide bonds. The fourth-order valence-corrected chi connectivity index (χ4v) is 4.72. The number of nitriles is 1. The first-order valence-electron chi connectivity index (χ1n) is 10.2. The highest BCUT2D eigenvalue weighted by Crippen LogP contribution is 2.42. The van der Waals surface area contributed by atoms with Gasteiger partial charge in [0.25, 0.3) is 0 Å². The monoisotopic (exact) mass is 384 g/mol. The maximum Gasteiger partial charge on any atom is 0.245 e. The van der Waals surface area contributed by atoms with Crippen LogP contribution in [0.1, 0.15) is 37.8 Å². The molecule has 1 aromatic heterocycles. The van der Waals surface area contributed by atoms with Gasteiger partial charge in [-0.3, -0.25) is 24.1 Å². The highest BCUT2D eigenvalue weighted by Gasteiger charge is 2.47. The molecule has 3 fully saturated rings. The maximum absolute atomic E-state index is 13.2. The number of aryl methyl sites for hydroxylation is 2. The normalized spacial score (nSPS) is 25.3. The zero-order valence-electron chi connectivity index (χ0n) is 16.7. The van der Waals surface area contributed by atoms with E-state index in [-0.39, 0.29) is 17.9 Å². The zero-order chi connectivity index (χ0) is 19.9. The molecule has 4 rings (SSSR count). The van der Waals surface area contributed by atoms with Crippen LogP contribution >= 0.6 is 0 Å². The first-order chi connectivity index (χ1) is 13.4. The summed E-state index contributed by atoms with van der Waals surface area (Å²) in [5, 5.41) is 13.8. The van der Waals surface area contributed by atoms with Crippen molar-refractivity contribution < 1.29 is 9.59 Å². The lowest BCUT2D eigenvalue weighted by atomic mass is 9.69. The quantitative estimate of drug-likeness (QED) is 0.778. The zero-order valence-corrected chi connectivity index (χ0v) is 16.7. The molecule has 2 saturated heterocycles. The van der Waals surface area contributed by atoms with Crippen LogP contribution in [0.4, 0.5) is 5.82 Å². The molecule has 0 aromatic carbocycles. The summed E-state index contributed by atoms with van der Waals surface area (Å²) < 4.78 is 1.77. The van der Waals surface area contributed by atoms with E-state index in [1.165, 1.54) is 0 Å². The van der Waals surface area contributed by atoms with Crippen LogP contribution in [0.15, 0.2) is 6.07 Å². The Kier molecular flexibility index (Phi) is 4.88. The van der Waals surface area contributed by atoms with E-state index in [0.29, 0.717) is 39.0 Å². The molecule has 150 valence electrons. The number of hydrogen-bond donors (Lipinski definition) is 0. The molecule has 2 aliphatic heterocycles. The van der Waals surface area contributed by atoms with Crippen LogP contribution in [0.3, 0.4) is 0 Å². The lowest BCUT2D eigenvalue weighted by Crippen LogP contribution is -2.60. The molecule has 1 aliphatic carbocycles. The van der Waals surface area contributed by atoms with E-state index in [4.69, 9.17) is 0 Å². The number of hydrogen-bond acceptors (Lipinski definition) is 5. The lowest BCUT2D eigenvalue weighted by molar-refractivity contribution is -0.145. The van der Waals surface area contributed by atoms with Crippen LogP contribution in [0.2, 0.25) is 0 Å². The summed E-state index contributed by atoms with van der Waals surface area (Å²) in [5.41, 5.74) is 0.124. The van der Waals surface area contributed by atoms with Gasteiger partial charge in [-0.05, 0) is 39.0 Å². The second-order valence-electron chi connectivity index (χ2n) is 8.29. The number of carbonyl (C=O) groups is 2. The summed E-state index contributed by atoms with van der Waals surface area (Å²) in [4.78, 5) is 31.8. The van der Waals surface area contributed by atoms with Gasteiger partial charge >= 0.3 is 0 Å². The molecular formula is C20H28N6O2. The topological polar surface area (TPSA) is 85.5 Å². The maximum atomic E-state index is 13.2. The second kappa shape index (κ2) is 7.21. The average molecular weight is 384 g/mol. The van der Waals surface area contributed by atoms with Crippen molar-refractivity contribution in [2.45, 2.75) is 45.1 Å². The van der Waals surface area contributed by atoms with Gasteiger partial charge in [0.15, 0.2) is 0 Å². The highest BCUT2D eigenvalue weighted by atomic mass is 16.2. The van der Waals surface area contributed by atoms with Gasteiger partial charge in [0.05, 0.1) is 17.8 Å². The Labute approximate surface area is 165 Å². The Bertz CT molecular complexity index is 813. The van der Waals surface area contributed by atoms with E-state index in [1.54, 1.807) is 4.68 Å². The number of piperazine rings is 1. The van der Waals surface area contributed by atoms with Crippen molar-refractivity contribution in [3.63, 3.8) is 0 Å². The molecule has 0 bridgehead atoms.